The van der Waals surface area contributed by atoms with E-state index >= 15 is 0 Å². The average Bonchev–Trinajstić information content (AvgIpc) is 3.23. The highest BCUT2D eigenvalue weighted by atomic mass is 35.5. The molecule has 0 aliphatic carbocycles. The third-order valence-corrected chi connectivity index (χ3v) is 5.64. The summed E-state index contributed by atoms with van der Waals surface area (Å²) in [5.41, 5.74) is -0.860. The molecule has 1 amide bonds. The second kappa shape index (κ2) is 11.0. The van der Waals surface area contributed by atoms with E-state index in [1.54, 1.807) is 6.20 Å². The monoisotopic (exact) mass is 457 g/mol. The van der Waals surface area contributed by atoms with Crippen LogP contribution in [0.2, 0.25) is 5.02 Å². The highest BCUT2D eigenvalue weighted by molar-refractivity contribution is 6.31. The number of halogens is 4. The van der Waals surface area contributed by atoms with Crippen LogP contribution in [-0.4, -0.2) is 64.8 Å². The first-order valence-electron chi connectivity index (χ1n) is 10.4. The maximum Gasteiger partial charge on any atom is 0.417 e. The van der Waals surface area contributed by atoms with Gasteiger partial charge in [0.25, 0.3) is 0 Å². The van der Waals surface area contributed by atoms with Gasteiger partial charge in [0.1, 0.15) is 0 Å². The van der Waals surface area contributed by atoms with Gasteiger partial charge in [-0.1, -0.05) is 18.0 Å². The number of alkyl halides is 3. The Kier molecular flexibility index (Phi) is 8.34. The van der Waals surface area contributed by atoms with Crippen LogP contribution >= 0.6 is 11.6 Å². The molecule has 10 heteroatoms. The summed E-state index contributed by atoms with van der Waals surface area (Å²) in [4.78, 5) is 16.7. The molecule has 2 heterocycles. The zero-order valence-electron chi connectivity index (χ0n) is 17.2. The van der Waals surface area contributed by atoms with E-state index in [2.05, 4.69) is 15.3 Å². The molecule has 1 fully saturated rings. The molecule has 31 heavy (non-hydrogen) atoms. The van der Waals surface area contributed by atoms with Crippen molar-refractivity contribution in [3.8, 4) is 0 Å². The molecule has 6 nitrogen and oxygen atoms in total. The van der Waals surface area contributed by atoms with Gasteiger partial charge in [0.2, 0.25) is 5.91 Å². The Labute approximate surface area is 185 Å². The lowest BCUT2D eigenvalue weighted by Gasteiger charge is -2.34. The molecular formula is C21H27ClF3N5O. The van der Waals surface area contributed by atoms with Gasteiger partial charge in [-0.05, 0) is 43.7 Å². The lowest BCUT2D eigenvalue weighted by atomic mass is 10.2. The summed E-state index contributed by atoms with van der Waals surface area (Å²) in [5, 5.41) is 6.35. The van der Waals surface area contributed by atoms with Gasteiger partial charge in [-0.15, -0.1) is 0 Å². The van der Waals surface area contributed by atoms with Crippen LogP contribution in [0.25, 0.3) is 0 Å². The van der Waals surface area contributed by atoms with Crippen molar-refractivity contribution < 1.29 is 18.0 Å². The summed E-state index contributed by atoms with van der Waals surface area (Å²) < 4.78 is 40.8. The Hall–Kier alpha value is -2.10. The van der Waals surface area contributed by atoms with E-state index in [0.717, 1.165) is 70.7 Å². The molecule has 170 valence electrons. The van der Waals surface area contributed by atoms with Crippen molar-refractivity contribution in [2.24, 2.45) is 0 Å². The van der Waals surface area contributed by atoms with Crippen molar-refractivity contribution in [2.45, 2.75) is 32.0 Å². The summed E-state index contributed by atoms with van der Waals surface area (Å²) in [6.07, 6.45) is 2.56. The van der Waals surface area contributed by atoms with Crippen molar-refractivity contribution in [3.05, 3.63) is 47.2 Å². The third-order valence-electron chi connectivity index (χ3n) is 5.31. The molecule has 1 aliphatic rings. The molecule has 0 atom stereocenters. The first-order valence-corrected chi connectivity index (χ1v) is 10.8. The molecule has 0 spiro atoms. The van der Waals surface area contributed by atoms with E-state index in [9.17, 15) is 18.0 Å². The number of anilines is 1. The number of nitrogens with zero attached hydrogens (tertiary/aromatic N) is 4. The van der Waals surface area contributed by atoms with Crippen molar-refractivity contribution in [2.75, 3.05) is 44.6 Å². The van der Waals surface area contributed by atoms with Gasteiger partial charge < -0.3 is 10.2 Å². The van der Waals surface area contributed by atoms with Gasteiger partial charge in [-0.25, -0.2) is 0 Å². The first kappa shape index (κ1) is 23.6. The number of hydrogen-bond acceptors (Lipinski definition) is 4. The average molecular weight is 458 g/mol. The SMILES string of the molecule is O=C(CN1CCN(CCCCCn2cccn2)CC1)Nc1ccc(Cl)c(C(F)(F)F)c1. The molecule has 2 aromatic rings. The smallest absolute Gasteiger partial charge is 0.325 e. The van der Waals surface area contributed by atoms with E-state index in [1.807, 2.05) is 21.8 Å². The molecular weight excluding hydrogens is 431 g/mol. The quantitative estimate of drug-likeness (QED) is 0.579. The number of aryl methyl sites for hydroxylation is 1. The molecule has 1 aliphatic heterocycles. The fraction of sp³-hybridized carbons (Fsp3) is 0.524. The lowest BCUT2D eigenvalue weighted by molar-refractivity contribution is -0.137. The number of aromatic nitrogens is 2. The molecule has 0 saturated carbocycles. The van der Waals surface area contributed by atoms with Crippen LogP contribution in [-0.2, 0) is 17.5 Å². The maximum atomic E-state index is 13.0. The Morgan fingerprint density at radius 1 is 1.06 bits per heavy atom. The van der Waals surface area contributed by atoms with Crippen LogP contribution in [0.4, 0.5) is 18.9 Å². The van der Waals surface area contributed by atoms with Crippen LogP contribution in [0.15, 0.2) is 36.7 Å². The van der Waals surface area contributed by atoms with E-state index in [0.29, 0.717) is 0 Å². The standard InChI is InChI=1S/C21H27ClF3N5O/c22-19-6-5-17(15-18(19)21(23,24)25)27-20(31)16-29-13-11-28(12-14-29)8-2-1-3-9-30-10-4-7-26-30/h4-7,10,15H,1-3,8-9,11-14,16H2,(H,27,31). The molecule has 1 aromatic heterocycles. The van der Waals surface area contributed by atoms with Crippen molar-refractivity contribution in [3.63, 3.8) is 0 Å². The van der Waals surface area contributed by atoms with E-state index in [1.165, 1.54) is 6.07 Å². The van der Waals surface area contributed by atoms with Gasteiger partial charge in [0.05, 0.1) is 17.1 Å². The lowest BCUT2D eigenvalue weighted by Crippen LogP contribution is -2.48. The van der Waals surface area contributed by atoms with E-state index < -0.39 is 11.7 Å². The second-order valence-electron chi connectivity index (χ2n) is 7.69. The highest BCUT2D eigenvalue weighted by Gasteiger charge is 2.33. The topological polar surface area (TPSA) is 53.4 Å². The zero-order chi connectivity index (χ0) is 22.3. The largest absolute Gasteiger partial charge is 0.417 e. The minimum atomic E-state index is -4.56. The summed E-state index contributed by atoms with van der Waals surface area (Å²) in [6, 6.07) is 5.31. The van der Waals surface area contributed by atoms with Gasteiger partial charge in [-0.3, -0.25) is 14.4 Å². The van der Waals surface area contributed by atoms with E-state index in [-0.39, 0.29) is 23.2 Å². The minimum Gasteiger partial charge on any atom is -0.325 e. The number of piperazine rings is 1. The highest BCUT2D eigenvalue weighted by Crippen LogP contribution is 2.36. The van der Waals surface area contributed by atoms with Crippen molar-refractivity contribution >= 4 is 23.2 Å². The number of amides is 1. The molecule has 1 saturated heterocycles. The number of unbranched alkanes of at least 4 members (excludes halogenated alkanes) is 2. The Bertz CT molecular complexity index is 836. The van der Waals surface area contributed by atoms with Crippen molar-refractivity contribution in [1.29, 1.82) is 0 Å². The van der Waals surface area contributed by atoms with Gasteiger partial charge in [-0.2, -0.15) is 18.3 Å². The molecule has 1 N–H and O–H groups in total. The summed E-state index contributed by atoms with van der Waals surface area (Å²) >= 11 is 5.61. The summed E-state index contributed by atoms with van der Waals surface area (Å²) in [7, 11) is 0. The zero-order valence-corrected chi connectivity index (χ0v) is 18.0. The fourth-order valence-corrected chi connectivity index (χ4v) is 3.84. The normalized spacial score (nSPS) is 15.9. The molecule has 0 unspecified atom stereocenters. The predicted octanol–water partition coefficient (Wildman–Crippen LogP) is 3.98. The van der Waals surface area contributed by atoms with E-state index in [4.69, 9.17) is 11.6 Å². The number of hydrogen-bond donors (Lipinski definition) is 1. The van der Waals surface area contributed by atoms with Crippen molar-refractivity contribution in [1.82, 2.24) is 19.6 Å². The van der Waals surface area contributed by atoms with Gasteiger partial charge >= 0.3 is 6.18 Å². The van der Waals surface area contributed by atoms with Gasteiger partial charge in [0, 0.05) is 50.8 Å². The molecule has 3 rings (SSSR count). The number of carbonyl (C=O) groups is 1. The Balaban J connectivity index is 1.33. The predicted molar refractivity (Wildman–Crippen MR) is 114 cm³/mol. The van der Waals surface area contributed by atoms with Crippen LogP contribution in [0.5, 0.6) is 0 Å². The number of nitrogens with one attached hydrogen (secondary N) is 1. The summed E-state index contributed by atoms with van der Waals surface area (Å²) in [5.74, 6) is -0.331. The van der Waals surface area contributed by atoms with Crippen LogP contribution in [0.1, 0.15) is 24.8 Å². The first-order chi connectivity index (χ1) is 14.8. The molecule has 0 bridgehead atoms. The molecule has 0 radical (unpaired) electrons. The Morgan fingerprint density at radius 3 is 2.45 bits per heavy atom. The minimum absolute atomic E-state index is 0.0930. The fourth-order valence-electron chi connectivity index (χ4n) is 3.61. The summed E-state index contributed by atoms with van der Waals surface area (Å²) in [6.45, 7) is 5.40. The van der Waals surface area contributed by atoms with Gasteiger partial charge in [0.15, 0.2) is 0 Å². The maximum absolute atomic E-state index is 13.0. The number of benzene rings is 1. The van der Waals surface area contributed by atoms with Crippen LogP contribution in [0.3, 0.4) is 0 Å². The Morgan fingerprint density at radius 2 is 1.77 bits per heavy atom. The third kappa shape index (κ3) is 7.52. The van der Waals surface area contributed by atoms with Crippen LogP contribution < -0.4 is 5.32 Å². The number of rotatable bonds is 9. The molecule has 1 aromatic carbocycles. The van der Waals surface area contributed by atoms with Crippen LogP contribution in [0, 0.1) is 0 Å². The second-order valence-corrected chi connectivity index (χ2v) is 8.10. The number of carbonyl (C=O) groups excluding carboxylic acids is 1.